The number of amides is 2. The van der Waals surface area contributed by atoms with Gasteiger partial charge < -0.3 is 15.7 Å². The van der Waals surface area contributed by atoms with Crippen LogP contribution in [0.2, 0.25) is 5.02 Å². The van der Waals surface area contributed by atoms with Crippen LogP contribution in [-0.2, 0) is 4.79 Å². The number of hydrogen-bond acceptors (Lipinski definition) is 2. The number of carbonyl (C=O) groups excluding carboxylic acids is 1. The molecule has 1 aromatic carbocycles. The lowest BCUT2D eigenvalue weighted by molar-refractivity contribution is -0.137. The Bertz CT molecular complexity index is 476. The zero-order chi connectivity index (χ0) is 15.1. The van der Waals surface area contributed by atoms with Gasteiger partial charge in [-0.15, -0.1) is 0 Å². The number of hydrogen-bond donors (Lipinski definition) is 3. The van der Waals surface area contributed by atoms with Crippen LogP contribution in [0.1, 0.15) is 26.2 Å². The third kappa shape index (κ3) is 5.44. The van der Waals surface area contributed by atoms with E-state index in [0.29, 0.717) is 12.8 Å². The highest BCUT2D eigenvalue weighted by molar-refractivity contribution is 6.33. The zero-order valence-electron chi connectivity index (χ0n) is 11.0. The number of rotatable bonds is 6. The first kappa shape index (κ1) is 16.2. The first-order valence-corrected chi connectivity index (χ1v) is 6.51. The minimum Gasteiger partial charge on any atom is -0.481 e. The van der Waals surface area contributed by atoms with Gasteiger partial charge in [-0.3, -0.25) is 4.79 Å². The number of nitrogens with one attached hydrogen (secondary N) is 2. The summed E-state index contributed by atoms with van der Waals surface area (Å²) in [5.74, 6) is -1.49. The summed E-state index contributed by atoms with van der Waals surface area (Å²) in [5.41, 5.74) is -0.0793. The predicted molar refractivity (Wildman–Crippen MR) is 74.5 cm³/mol. The van der Waals surface area contributed by atoms with Gasteiger partial charge >= 0.3 is 12.0 Å². The number of benzene rings is 1. The van der Waals surface area contributed by atoms with Gasteiger partial charge in [-0.25, -0.2) is 9.18 Å². The van der Waals surface area contributed by atoms with Crippen molar-refractivity contribution in [3.05, 3.63) is 29.0 Å². The molecule has 0 aliphatic carbocycles. The van der Waals surface area contributed by atoms with Crippen LogP contribution in [0, 0.1) is 5.82 Å². The van der Waals surface area contributed by atoms with E-state index in [1.165, 1.54) is 18.2 Å². The first-order valence-electron chi connectivity index (χ1n) is 6.13. The fourth-order valence-corrected chi connectivity index (χ4v) is 1.83. The largest absolute Gasteiger partial charge is 0.481 e. The Morgan fingerprint density at radius 3 is 2.75 bits per heavy atom. The summed E-state index contributed by atoms with van der Waals surface area (Å²) in [7, 11) is 0. The third-order valence-corrected chi connectivity index (χ3v) is 2.92. The fraction of sp³-hybridized carbons (Fsp3) is 0.385. The second kappa shape index (κ2) is 7.69. The third-order valence-electron chi connectivity index (χ3n) is 2.61. The molecular formula is C13H16ClFN2O3. The van der Waals surface area contributed by atoms with E-state index in [1.54, 1.807) is 6.92 Å². The lowest BCUT2D eigenvalue weighted by atomic mass is 10.1. The second-order valence-corrected chi connectivity index (χ2v) is 4.79. The van der Waals surface area contributed by atoms with Crippen LogP contribution in [-0.4, -0.2) is 23.1 Å². The predicted octanol–water partition coefficient (Wildman–Crippen LogP) is 3.24. The van der Waals surface area contributed by atoms with Crippen molar-refractivity contribution in [2.24, 2.45) is 0 Å². The lowest BCUT2D eigenvalue weighted by Gasteiger charge is -2.15. The molecule has 7 heteroatoms. The number of aliphatic carboxylic acids is 1. The maximum Gasteiger partial charge on any atom is 0.319 e. The van der Waals surface area contributed by atoms with Crippen LogP contribution in [0.5, 0.6) is 0 Å². The SMILES string of the molecule is CC(CCCC(=O)O)NC(=O)Nc1c(F)cccc1Cl. The lowest BCUT2D eigenvalue weighted by Crippen LogP contribution is -2.36. The van der Waals surface area contributed by atoms with Crippen molar-refractivity contribution in [1.29, 1.82) is 0 Å². The number of carbonyl (C=O) groups is 2. The molecule has 0 aliphatic heterocycles. The number of anilines is 1. The van der Waals surface area contributed by atoms with E-state index in [4.69, 9.17) is 16.7 Å². The van der Waals surface area contributed by atoms with Crippen molar-refractivity contribution < 1.29 is 19.1 Å². The number of halogens is 2. The zero-order valence-corrected chi connectivity index (χ0v) is 11.7. The molecule has 0 saturated heterocycles. The van der Waals surface area contributed by atoms with Gasteiger partial charge in [-0.2, -0.15) is 0 Å². The minimum atomic E-state index is -0.875. The highest BCUT2D eigenvalue weighted by atomic mass is 35.5. The van der Waals surface area contributed by atoms with Crippen molar-refractivity contribution in [2.45, 2.75) is 32.2 Å². The smallest absolute Gasteiger partial charge is 0.319 e. The molecule has 20 heavy (non-hydrogen) atoms. The summed E-state index contributed by atoms with van der Waals surface area (Å²) >= 11 is 5.78. The van der Waals surface area contributed by atoms with E-state index < -0.39 is 17.8 Å². The maximum atomic E-state index is 13.4. The van der Waals surface area contributed by atoms with E-state index in [-0.39, 0.29) is 23.2 Å². The van der Waals surface area contributed by atoms with Crippen LogP contribution in [0.25, 0.3) is 0 Å². The summed E-state index contributed by atoms with van der Waals surface area (Å²) in [6.07, 6.45) is 1.02. The van der Waals surface area contributed by atoms with Crippen LogP contribution in [0.15, 0.2) is 18.2 Å². The minimum absolute atomic E-state index is 0.0484. The molecular weight excluding hydrogens is 287 g/mol. The van der Waals surface area contributed by atoms with Gasteiger partial charge in [-0.05, 0) is 31.9 Å². The number of para-hydroxylation sites is 1. The van der Waals surface area contributed by atoms with Crippen LogP contribution >= 0.6 is 11.6 Å². The summed E-state index contributed by atoms with van der Waals surface area (Å²) < 4.78 is 13.4. The molecule has 1 unspecified atom stereocenters. The molecule has 5 nitrogen and oxygen atoms in total. The highest BCUT2D eigenvalue weighted by Crippen LogP contribution is 2.24. The quantitative estimate of drug-likeness (QED) is 0.755. The second-order valence-electron chi connectivity index (χ2n) is 4.38. The Labute approximate surface area is 121 Å². The molecule has 0 heterocycles. The van der Waals surface area contributed by atoms with Gasteiger partial charge in [0.05, 0.1) is 10.7 Å². The van der Waals surface area contributed by atoms with Crippen molar-refractivity contribution in [3.8, 4) is 0 Å². The van der Waals surface area contributed by atoms with E-state index >= 15 is 0 Å². The van der Waals surface area contributed by atoms with Crippen molar-refractivity contribution in [3.63, 3.8) is 0 Å². The average Bonchev–Trinajstić information content (AvgIpc) is 2.33. The first-order chi connectivity index (χ1) is 9.40. The van der Waals surface area contributed by atoms with Crippen molar-refractivity contribution in [2.75, 3.05) is 5.32 Å². The number of carboxylic acids is 1. The van der Waals surface area contributed by atoms with E-state index in [1.807, 2.05) is 0 Å². The van der Waals surface area contributed by atoms with E-state index in [2.05, 4.69) is 10.6 Å². The van der Waals surface area contributed by atoms with E-state index in [9.17, 15) is 14.0 Å². The fourth-order valence-electron chi connectivity index (χ4n) is 1.62. The Kier molecular flexibility index (Phi) is 6.24. The van der Waals surface area contributed by atoms with Gasteiger partial charge in [0.1, 0.15) is 5.82 Å². The molecule has 110 valence electrons. The molecule has 1 atom stereocenters. The standard InChI is InChI=1S/C13H16ClFN2O3/c1-8(4-2-7-11(18)19)16-13(20)17-12-9(14)5-3-6-10(12)15/h3,5-6,8H,2,4,7H2,1H3,(H,18,19)(H2,16,17,20). The molecule has 1 rings (SSSR count). The Morgan fingerprint density at radius 1 is 1.45 bits per heavy atom. The van der Waals surface area contributed by atoms with Gasteiger partial charge in [0.2, 0.25) is 0 Å². The average molecular weight is 303 g/mol. The normalized spacial score (nSPS) is 11.8. The highest BCUT2D eigenvalue weighted by Gasteiger charge is 2.12. The Hall–Kier alpha value is -1.82. The van der Waals surface area contributed by atoms with Gasteiger partial charge in [-0.1, -0.05) is 17.7 Å². The molecule has 0 saturated carbocycles. The summed E-state index contributed by atoms with van der Waals surface area (Å²) in [6, 6.07) is 3.29. The Balaban J connectivity index is 2.45. The molecule has 0 bridgehead atoms. The monoisotopic (exact) mass is 302 g/mol. The maximum absolute atomic E-state index is 13.4. The van der Waals surface area contributed by atoms with Crippen molar-refractivity contribution >= 4 is 29.3 Å². The molecule has 0 aromatic heterocycles. The molecule has 2 amide bonds. The molecule has 0 fully saturated rings. The molecule has 0 spiro atoms. The summed E-state index contributed by atoms with van der Waals surface area (Å²) in [5, 5.41) is 13.5. The molecule has 0 aliphatic rings. The number of carboxylic acid groups (broad SMARTS) is 1. The summed E-state index contributed by atoms with van der Waals surface area (Å²) in [6.45, 7) is 1.74. The molecule has 3 N–H and O–H groups in total. The molecule has 0 radical (unpaired) electrons. The van der Waals surface area contributed by atoms with Crippen LogP contribution in [0.4, 0.5) is 14.9 Å². The van der Waals surface area contributed by atoms with E-state index in [0.717, 1.165) is 0 Å². The van der Waals surface area contributed by atoms with Crippen molar-refractivity contribution in [1.82, 2.24) is 5.32 Å². The van der Waals surface area contributed by atoms with Gasteiger partial charge in [0.25, 0.3) is 0 Å². The topological polar surface area (TPSA) is 78.4 Å². The summed E-state index contributed by atoms with van der Waals surface area (Å²) in [4.78, 5) is 22.0. The van der Waals surface area contributed by atoms with Gasteiger partial charge in [0.15, 0.2) is 0 Å². The molecule has 1 aromatic rings. The van der Waals surface area contributed by atoms with Crippen LogP contribution in [0.3, 0.4) is 0 Å². The van der Waals surface area contributed by atoms with Crippen LogP contribution < -0.4 is 10.6 Å². The van der Waals surface area contributed by atoms with Gasteiger partial charge in [0, 0.05) is 12.5 Å². The number of urea groups is 1. The Morgan fingerprint density at radius 2 is 2.15 bits per heavy atom.